The van der Waals surface area contributed by atoms with Gasteiger partial charge in [0, 0.05) is 0 Å². The number of allylic oxidation sites excluding steroid dienone is 1. The lowest BCUT2D eigenvalue weighted by Gasteiger charge is -2.21. The van der Waals surface area contributed by atoms with E-state index < -0.39 is 73.5 Å². The van der Waals surface area contributed by atoms with E-state index in [9.17, 15) is 33.9 Å². The van der Waals surface area contributed by atoms with Crippen LogP contribution in [0.25, 0.3) is 53.9 Å². The summed E-state index contributed by atoms with van der Waals surface area (Å²) in [6.45, 7) is 0.727. The van der Waals surface area contributed by atoms with Gasteiger partial charge in [-0.05, 0) is 72.1 Å². The minimum atomic E-state index is -1.60. The van der Waals surface area contributed by atoms with E-state index in [1.807, 2.05) is 78.9 Å². The predicted octanol–water partition coefficient (Wildman–Crippen LogP) is 7.42. The largest absolute Gasteiger partial charge is 0.459 e. The van der Waals surface area contributed by atoms with E-state index in [1.165, 1.54) is 6.08 Å². The van der Waals surface area contributed by atoms with Crippen LogP contribution in [0.1, 0.15) is 31.1 Å². The zero-order valence-electron chi connectivity index (χ0n) is 35.4. The highest BCUT2D eigenvalue weighted by Gasteiger charge is 2.27. The third kappa shape index (κ3) is 8.26. The Kier molecular flexibility index (Phi) is 11.9. The smallest absolute Gasteiger partial charge is 0.339 e. The lowest BCUT2D eigenvalue weighted by atomic mass is 9.97. The molecule has 0 aliphatic heterocycles. The molecule has 13 nitrogen and oxygen atoms in total. The fourth-order valence-electron chi connectivity index (χ4n) is 8.44. The predicted molar refractivity (Wildman–Crippen MR) is 252 cm³/mol. The summed E-state index contributed by atoms with van der Waals surface area (Å²) in [5.41, 5.74) is -2.56. The van der Waals surface area contributed by atoms with Gasteiger partial charge in [0.2, 0.25) is 0 Å². The van der Waals surface area contributed by atoms with Gasteiger partial charge in [0.1, 0.15) is 19.3 Å². The molecule has 2 atom stereocenters. The van der Waals surface area contributed by atoms with Crippen molar-refractivity contribution in [2.24, 2.45) is 0 Å². The molecule has 8 aromatic carbocycles. The summed E-state index contributed by atoms with van der Waals surface area (Å²) in [6, 6.07) is 45.4. The number of rotatable bonds is 14. The molecule has 0 spiro atoms. The van der Waals surface area contributed by atoms with Gasteiger partial charge >= 0.3 is 35.0 Å². The lowest BCUT2D eigenvalue weighted by molar-refractivity contribution is -0.00604. The second-order valence-corrected chi connectivity index (χ2v) is 15.8. The molecule has 9 aromatic rings. The van der Waals surface area contributed by atoms with Crippen molar-refractivity contribution in [2.45, 2.75) is 31.8 Å². The number of hydrogen-bond donors (Lipinski definition) is 1. The van der Waals surface area contributed by atoms with Crippen molar-refractivity contribution >= 4 is 71.8 Å². The average Bonchev–Trinajstić information content (AvgIpc) is 3.34. The average molecular weight is 880 g/mol. The first-order valence-electron chi connectivity index (χ1n) is 21.2. The third-order valence-corrected chi connectivity index (χ3v) is 11.5. The van der Waals surface area contributed by atoms with Gasteiger partial charge in [-0.3, -0.25) is 0 Å². The van der Waals surface area contributed by atoms with Crippen LogP contribution in [-0.2, 0) is 33.8 Å². The highest BCUT2D eigenvalue weighted by atomic mass is 16.6. The molecule has 1 heterocycles. The van der Waals surface area contributed by atoms with E-state index >= 15 is 0 Å². The van der Waals surface area contributed by atoms with Gasteiger partial charge in [-0.15, -0.1) is 6.58 Å². The molecule has 0 amide bonds. The highest BCUT2D eigenvalue weighted by Crippen LogP contribution is 2.31. The molecule has 0 radical (unpaired) electrons. The molecule has 0 saturated carbocycles. The molecular weight excluding hydrogens is 839 g/mol. The summed E-state index contributed by atoms with van der Waals surface area (Å²) >= 11 is 0. The number of aliphatic hydroxyl groups excluding tert-OH is 1. The molecular formula is C53H41N3O10. The fourth-order valence-corrected chi connectivity index (χ4v) is 8.44. The van der Waals surface area contributed by atoms with Crippen molar-refractivity contribution in [1.29, 1.82) is 0 Å². The van der Waals surface area contributed by atoms with Gasteiger partial charge in [-0.25, -0.2) is 42.5 Å². The minimum absolute atomic E-state index is 0.181. The second kappa shape index (κ2) is 18.4. The number of carbonyl (C=O) groups excluding carboxylic acids is 3. The van der Waals surface area contributed by atoms with Crippen LogP contribution in [-0.4, -0.2) is 62.1 Å². The first-order valence-corrected chi connectivity index (χ1v) is 21.2. The Morgan fingerprint density at radius 1 is 0.500 bits per heavy atom. The van der Waals surface area contributed by atoms with Crippen molar-refractivity contribution in [1.82, 2.24) is 13.7 Å². The molecule has 2 unspecified atom stereocenters. The molecule has 66 heavy (non-hydrogen) atoms. The number of carbonyl (C=O) groups is 3. The van der Waals surface area contributed by atoms with Crippen LogP contribution < -0.4 is 17.1 Å². The molecule has 1 N–H and O–H groups in total. The number of ether oxygens (including phenoxy) is 3. The van der Waals surface area contributed by atoms with E-state index in [0.29, 0.717) is 36.1 Å². The van der Waals surface area contributed by atoms with Gasteiger partial charge in [-0.2, -0.15) is 0 Å². The summed E-state index contributed by atoms with van der Waals surface area (Å²) in [6.07, 6.45) is -1.78. The van der Waals surface area contributed by atoms with Crippen LogP contribution in [0.5, 0.6) is 0 Å². The zero-order valence-corrected chi connectivity index (χ0v) is 35.4. The number of nitrogens with zero attached hydrogens (tertiary/aromatic N) is 3. The molecule has 0 aliphatic rings. The van der Waals surface area contributed by atoms with Gasteiger partial charge < -0.3 is 19.3 Å². The maximum atomic E-state index is 14.3. The topological polar surface area (TPSA) is 165 Å². The fraction of sp³-hybridized carbons (Fsp3) is 0.132. The highest BCUT2D eigenvalue weighted by molar-refractivity contribution is 6.17. The summed E-state index contributed by atoms with van der Waals surface area (Å²) < 4.78 is 19.6. The number of benzene rings is 8. The van der Waals surface area contributed by atoms with Crippen LogP contribution in [0.2, 0.25) is 0 Å². The van der Waals surface area contributed by atoms with Crippen molar-refractivity contribution in [3.63, 3.8) is 0 Å². The zero-order chi connectivity index (χ0) is 45.9. The summed E-state index contributed by atoms with van der Waals surface area (Å²) in [4.78, 5) is 84.0. The van der Waals surface area contributed by atoms with E-state index in [-0.39, 0.29) is 23.2 Å². The normalized spacial score (nSPS) is 12.3. The SMILES string of the molecule is C=CCn1c(=O)n(CC(O)COC(=O)c2c3ccccc3cc3ccccc23)c(=O)n(CC(COC(=O)c2c3ccccc3cc3ccccc23)OC(=O)c2cccc3ccccc23)c1=O. The number of aromatic nitrogens is 3. The Labute approximate surface area is 375 Å². The van der Waals surface area contributed by atoms with Crippen molar-refractivity contribution in [2.75, 3.05) is 13.2 Å². The Morgan fingerprint density at radius 2 is 0.909 bits per heavy atom. The van der Waals surface area contributed by atoms with E-state index in [2.05, 4.69) is 6.58 Å². The van der Waals surface area contributed by atoms with E-state index in [1.54, 1.807) is 72.8 Å². The maximum Gasteiger partial charge on any atom is 0.339 e. The van der Waals surface area contributed by atoms with Gasteiger partial charge in [0.15, 0.2) is 6.10 Å². The van der Waals surface area contributed by atoms with E-state index in [4.69, 9.17) is 14.2 Å². The molecule has 0 bridgehead atoms. The molecule has 9 rings (SSSR count). The molecule has 0 fully saturated rings. The Hall–Kier alpha value is -8.42. The van der Waals surface area contributed by atoms with E-state index in [0.717, 1.165) is 31.5 Å². The second-order valence-electron chi connectivity index (χ2n) is 15.8. The third-order valence-electron chi connectivity index (χ3n) is 11.5. The van der Waals surface area contributed by atoms with Crippen molar-refractivity contribution in [3.05, 3.63) is 212 Å². The number of esters is 3. The van der Waals surface area contributed by atoms with Gasteiger partial charge in [0.05, 0.1) is 36.3 Å². The summed E-state index contributed by atoms with van der Waals surface area (Å²) in [7, 11) is 0. The summed E-state index contributed by atoms with van der Waals surface area (Å²) in [5, 5.41) is 18.3. The lowest BCUT2D eigenvalue weighted by Crippen LogP contribution is -2.56. The van der Waals surface area contributed by atoms with Crippen LogP contribution in [0.4, 0.5) is 0 Å². The maximum absolute atomic E-state index is 14.3. The molecule has 0 saturated heterocycles. The minimum Gasteiger partial charge on any atom is -0.459 e. The summed E-state index contributed by atoms with van der Waals surface area (Å²) in [5.74, 6) is -2.30. The number of aliphatic hydroxyl groups is 1. The van der Waals surface area contributed by atoms with Crippen LogP contribution in [0.3, 0.4) is 0 Å². The van der Waals surface area contributed by atoms with Crippen LogP contribution in [0.15, 0.2) is 179 Å². The van der Waals surface area contributed by atoms with Crippen LogP contribution >= 0.6 is 0 Å². The first-order chi connectivity index (χ1) is 32.1. The quantitative estimate of drug-likeness (QED) is 0.0503. The van der Waals surface area contributed by atoms with Crippen molar-refractivity contribution < 1.29 is 33.7 Å². The molecule has 0 aliphatic carbocycles. The standard InChI is InChI=1S/C53H41N3O10/c1-2-26-54-51(61)55(29-38(57)31-64-49(59)46-41-21-9-4-15-34(41)27-35-16-5-10-22-42(35)46)53(63)56(52(54)62)30-39(66-48(58)45-25-13-19-33-14-3-8-20-40(33)45)32-65-50(60)47-43-23-11-6-17-36(43)28-37-18-7-12-24-44(37)47/h2-25,27-28,38-39,57H,1,26,29-32H2. The first kappa shape index (κ1) is 42.9. The Morgan fingerprint density at radius 3 is 1.41 bits per heavy atom. The molecule has 13 heteroatoms. The monoisotopic (exact) mass is 879 g/mol. The number of fused-ring (bicyclic) bond motifs is 5. The molecule has 328 valence electrons. The molecule has 1 aromatic heterocycles. The number of hydrogen-bond acceptors (Lipinski definition) is 10. The van der Waals surface area contributed by atoms with Crippen LogP contribution in [0, 0.1) is 0 Å². The van der Waals surface area contributed by atoms with Gasteiger partial charge in [0.25, 0.3) is 0 Å². The Balaban J connectivity index is 1.03. The van der Waals surface area contributed by atoms with Crippen molar-refractivity contribution in [3.8, 4) is 0 Å². The van der Waals surface area contributed by atoms with Gasteiger partial charge in [-0.1, -0.05) is 140 Å². The Bertz CT molecular complexity index is 3480.